The third-order valence-electron chi connectivity index (χ3n) is 7.59. The molecule has 40 heavy (non-hydrogen) atoms. The van der Waals surface area contributed by atoms with E-state index in [1.54, 1.807) is 18.2 Å². The van der Waals surface area contributed by atoms with Crippen molar-refractivity contribution in [2.24, 2.45) is 5.41 Å². The summed E-state index contributed by atoms with van der Waals surface area (Å²) in [6, 6.07) is 14.8. The number of anilines is 2. The first kappa shape index (κ1) is 27.6. The van der Waals surface area contributed by atoms with Crippen molar-refractivity contribution in [1.29, 1.82) is 10.5 Å². The molecule has 1 saturated carbocycles. The van der Waals surface area contributed by atoms with Gasteiger partial charge >= 0.3 is 0 Å². The van der Waals surface area contributed by atoms with Crippen LogP contribution >= 0.6 is 11.6 Å². The van der Waals surface area contributed by atoms with Gasteiger partial charge in [0.05, 0.1) is 45.4 Å². The predicted molar refractivity (Wildman–Crippen MR) is 158 cm³/mol. The van der Waals surface area contributed by atoms with E-state index in [1.807, 2.05) is 40.9 Å². The van der Waals surface area contributed by atoms with Crippen molar-refractivity contribution < 1.29 is 4.39 Å². The van der Waals surface area contributed by atoms with Gasteiger partial charge in [0.1, 0.15) is 19.7 Å². The largest absolute Gasteiger partial charge is 0.379 e. The molecule has 1 fully saturated rings. The Balaban J connectivity index is 1.62. The molecule has 2 heterocycles. The molecule has 0 saturated heterocycles. The van der Waals surface area contributed by atoms with Gasteiger partial charge in [-0.1, -0.05) is 44.5 Å². The predicted octanol–water partition coefficient (Wildman–Crippen LogP) is 4.87. The van der Waals surface area contributed by atoms with Crippen molar-refractivity contribution in [2.75, 3.05) is 10.6 Å². The van der Waals surface area contributed by atoms with Crippen molar-refractivity contribution in [3.8, 4) is 12.1 Å². The molecule has 4 N–H and O–H groups in total. The number of pyridine rings is 1. The first-order chi connectivity index (χ1) is 19.0. The summed E-state index contributed by atoms with van der Waals surface area (Å²) in [5.74, 6) is -0.317. The topological polar surface area (TPSA) is 112 Å². The fourth-order valence-electron chi connectivity index (χ4n) is 4.91. The molecule has 8 nitrogen and oxygen atoms in total. The molecule has 2 aromatic carbocycles. The van der Waals surface area contributed by atoms with Gasteiger partial charge < -0.3 is 16.1 Å². The average Bonchev–Trinajstić information content (AvgIpc) is 3.64. The van der Waals surface area contributed by atoms with Gasteiger partial charge in [0.2, 0.25) is 0 Å². The minimum absolute atomic E-state index is 0.220. The minimum atomic E-state index is -0.802. The van der Waals surface area contributed by atoms with E-state index in [1.165, 1.54) is 18.3 Å². The fraction of sp³-hybridized carbons (Fsp3) is 0.345. The van der Waals surface area contributed by atoms with Gasteiger partial charge in [-0.25, -0.2) is 4.39 Å². The first-order valence-corrected chi connectivity index (χ1v) is 13.6. The number of benzene rings is 2. The molecular weight excluding hydrogens is 526 g/mol. The highest BCUT2D eigenvalue weighted by Crippen LogP contribution is 2.39. The summed E-state index contributed by atoms with van der Waals surface area (Å²) in [4.78, 5) is 4.48. The molecular formula is C29H31BClFN8. The van der Waals surface area contributed by atoms with E-state index < -0.39 is 5.44 Å². The quantitative estimate of drug-likeness (QED) is 0.291. The van der Waals surface area contributed by atoms with E-state index in [0.29, 0.717) is 38.9 Å². The van der Waals surface area contributed by atoms with Gasteiger partial charge in [0, 0.05) is 35.6 Å². The summed E-state index contributed by atoms with van der Waals surface area (Å²) in [7, 11) is 2.01. The second-order valence-electron chi connectivity index (χ2n) is 11.6. The van der Waals surface area contributed by atoms with Crippen molar-refractivity contribution in [3.05, 3.63) is 76.5 Å². The molecule has 0 bridgehead atoms. The number of hydrazine groups is 2. The van der Waals surface area contributed by atoms with Crippen LogP contribution in [0.2, 0.25) is 5.02 Å². The number of rotatable bonds is 8. The van der Waals surface area contributed by atoms with E-state index in [4.69, 9.17) is 11.6 Å². The molecule has 0 amide bonds. The van der Waals surface area contributed by atoms with Crippen LogP contribution in [0.4, 0.5) is 15.8 Å². The van der Waals surface area contributed by atoms with Gasteiger partial charge in [-0.05, 0) is 48.1 Å². The highest BCUT2D eigenvalue weighted by Gasteiger charge is 2.38. The van der Waals surface area contributed by atoms with Crippen molar-refractivity contribution in [2.45, 2.75) is 57.6 Å². The summed E-state index contributed by atoms with van der Waals surface area (Å²) >= 11 is 6.78. The van der Waals surface area contributed by atoms with Gasteiger partial charge in [-0.3, -0.25) is 9.99 Å². The molecule has 2 aliphatic rings. The number of nitriles is 2. The highest BCUT2D eigenvalue weighted by atomic mass is 35.5. The number of fused-ring (bicyclic) bond motifs is 1. The van der Waals surface area contributed by atoms with Crippen LogP contribution in [-0.2, 0) is 5.44 Å². The monoisotopic (exact) mass is 556 g/mol. The lowest BCUT2D eigenvalue weighted by molar-refractivity contribution is 0.260. The summed E-state index contributed by atoms with van der Waals surface area (Å²) < 4.78 is 13.9. The fourth-order valence-corrected chi connectivity index (χ4v) is 5.18. The number of hydrogen-bond donors (Lipinski definition) is 4. The third-order valence-corrected chi connectivity index (χ3v) is 7.88. The summed E-state index contributed by atoms with van der Waals surface area (Å²) in [6.45, 7) is 6.15. The standard InChI is InChI=1S/C29H31BClFN8/c1-28(2,3)24(10-11-33)36-26-17(14-34)15-35-27-22(26)12-20(13-23(27)31)37-29(30,18-4-6-19(32)7-5-18)25-16-40(39-38-25)21-8-9-21/h4-7,12-13,15-16,21,24,37-39H,8-10,30H2,1-3H3,(H,35,36)/t24-,29?/m1/s1. The molecule has 204 valence electrons. The number of aromatic nitrogens is 1. The molecule has 3 aromatic rings. The minimum Gasteiger partial charge on any atom is -0.379 e. The Labute approximate surface area is 239 Å². The Morgan fingerprint density at radius 2 is 1.95 bits per heavy atom. The van der Waals surface area contributed by atoms with Crippen LogP contribution in [-0.4, -0.2) is 29.9 Å². The SMILES string of the molecule is BC(Nc1cc(Cl)c2ncc(C#N)c(N[C@H](CC#N)C(C)(C)C)c2c1)(C1=CN(C2CC2)NN1)c1ccc(F)cc1. The van der Waals surface area contributed by atoms with Crippen LogP contribution in [0.3, 0.4) is 0 Å². The maximum atomic E-state index is 13.9. The van der Waals surface area contributed by atoms with Crippen molar-refractivity contribution in [1.82, 2.24) is 21.0 Å². The Morgan fingerprint density at radius 3 is 2.58 bits per heavy atom. The van der Waals surface area contributed by atoms with Crippen LogP contribution in [0.5, 0.6) is 0 Å². The van der Waals surface area contributed by atoms with E-state index in [9.17, 15) is 14.9 Å². The van der Waals surface area contributed by atoms with Crippen LogP contribution < -0.4 is 21.6 Å². The molecule has 0 radical (unpaired) electrons. The number of nitrogens with one attached hydrogen (secondary N) is 4. The zero-order chi connectivity index (χ0) is 28.7. The second kappa shape index (κ2) is 10.5. The summed E-state index contributed by atoms with van der Waals surface area (Å²) in [6.07, 6.45) is 6.03. The Morgan fingerprint density at radius 1 is 1.23 bits per heavy atom. The normalized spacial score (nSPS) is 17.3. The number of nitrogens with zero attached hydrogens (tertiary/aromatic N) is 4. The summed E-state index contributed by atoms with van der Waals surface area (Å²) in [5.41, 5.74) is 9.32. The zero-order valence-corrected chi connectivity index (χ0v) is 23.7. The van der Waals surface area contributed by atoms with E-state index in [0.717, 1.165) is 24.1 Å². The zero-order valence-electron chi connectivity index (χ0n) is 22.9. The Bertz CT molecular complexity index is 1550. The van der Waals surface area contributed by atoms with Crippen LogP contribution in [0.25, 0.3) is 10.9 Å². The highest BCUT2D eigenvalue weighted by molar-refractivity contribution is 6.36. The van der Waals surface area contributed by atoms with E-state index >= 15 is 0 Å². The number of hydrogen-bond acceptors (Lipinski definition) is 8. The maximum Gasteiger partial charge on any atom is 0.148 e. The number of halogens is 2. The van der Waals surface area contributed by atoms with Crippen molar-refractivity contribution >= 4 is 41.7 Å². The van der Waals surface area contributed by atoms with Crippen LogP contribution in [0.1, 0.15) is 51.2 Å². The summed E-state index contributed by atoms with van der Waals surface area (Å²) in [5, 5.41) is 29.6. The van der Waals surface area contributed by atoms with Crippen molar-refractivity contribution in [3.63, 3.8) is 0 Å². The lowest BCUT2D eigenvalue weighted by atomic mass is 9.69. The van der Waals surface area contributed by atoms with Gasteiger partial charge in [0.25, 0.3) is 0 Å². The smallest absolute Gasteiger partial charge is 0.148 e. The first-order valence-electron chi connectivity index (χ1n) is 13.3. The molecule has 1 unspecified atom stereocenters. The molecule has 2 atom stereocenters. The van der Waals surface area contributed by atoms with Gasteiger partial charge in [-0.15, -0.1) is 5.53 Å². The van der Waals surface area contributed by atoms with Crippen LogP contribution in [0, 0.1) is 33.9 Å². The lowest BCUT2D eigenvalue weighted by Gasteiger charge is -2.34. The maximum absolute atomic E-state index is 13.9. The second-order valence-corrected chi connectivity index (χ2v) is 12.0. The van der Waals surface area contributed by atoms with E-state index in [2.05, 4.69) is 43.7 Å². The van der Waals surface area contributed by atoms with E-state index in [-0.39, 0.29) is 23.7 Å². The van der Waals surface area contributed by atoms with Gasteiger partial charge in [0.15, 0.2) is 0 Å². The Hall–Kier alpha value is -3.99. The molecule has 0 spiro atoms. The molecule has 1 aliphatic heterocycles. The van der Waals surface area contributed by atoms with Gasteiger partial charge in [-0.2, -0.15) is 10.5 Å². The molecule has 1 aromatic heterocycles. The van der Waals surface area contributed by atoms with Crippen LogP contribution in [0.15, 0.2) is 54.5 Å². The third kappa shape index (κ3) is 5.38. The Kier molecular flexibility index (Phi) is 7.26. The molecule has 11 heteroatoms. The lowest BCUT2D eigenvalue weighted by Crippen LogP contribution is -2.45. The molecule has 5 rings (SSSR count). The average molecular weight is 557 g/mol. The molecule has 1 aliphatic carbocycles.